The van der Waals surface area contributed by atoms with Crippen LogP contribution in [0.4, 0.5) is 5.69 Å². The zero-order chi connectivity index (χ0) is 20.1. The molecule has 0 radical (unpaired) electrons. The van der Waals surface area contributed by atoms with Gasteiger partial charge < -0.3 is 10.6 Å². The highest BCUT2D eigenvalue weighted by Gasteiger charge is 2.60. The molecule has 0 aromatic heterocycles. The molecule has 5 fully saturated rings. The van der Waals surface area contributed by atoms with Gasteiger partial charge in [0.15, 0.2) is 0 Å². The quantitative estimate of drug-likeness (QED) is 0.704. The summed E-state index contributed by atoms with van der Waals surface area (Å²) in [5.74, 6) is 1.34. The van der Waals surface area contributed by atoms with Crippen molar-refractivity contribution in [3.05, 3.63) is 24.3 Å². The molecule has 2 amide bonds. The summed E-state index contributed by atoms with van der Waals surface area (Å²) in [5.41, 5.74) is 0.425. The van der Waals surface area contributed by atoms with Crippen molar-refractivity contribution in [1.29, 1.82) is 0 Å². The molecule has 5 saturated carbocycles. The zero-order valence-electron chi connectivity index (χ0n) is 17.3. The van der Waals surface area contributed by atoms with E-state index in [1.807, 2.05) is 11.8 Å². The molecule has 5 aliphatic carbocycles. The minimum Gasteiger partial charge on any atom is -0.351 e. The smallest absolute Gasteiger partial charge is 0.230 e. The van der Waals surface area contributed by atoms with E-state index in [0.717, 1.165) is 43.0 Å². The van der Waals surface area contributed by atoms with Gasteiger partial charge in [0.1, 0.15) is 0 Å². The van der Waals surface area contributed by atoms with Gasteiger partial charge in [-0.3, -0.25) is 9.59 Å². The van der Waals surface area contributed by atoms with Crippen LogP contribution in [0.25, 0.3) is 0 Å². The Morgan fingerprint density at radius 1 is 1.00 bits per heavy atom. The minimum atomic E-state index is -0.316. The standard InChI is InChI=1S/C24H32N2O2S/c1-16(27)26-24-13-17-10-18(14-24)12-23(11-17,15-24)22(28)25-19-6-8-21(9-7-19)29-20-4-2-3-5-20/h6-9,17-18,20H,2-5,10-15H2,1H3,(H,25,28)(H,26,27). The minimum absolute atomic E-state index is 0.0397. The average Bonchev–Trinajstić information content (AvgIpc) is 3.14. The Morgan fingerprint density at radius 3 is 2.28 bits per heavy atom. The van der Waals surface area contributed by atoms with Crippen molar-refractivity contribution in [2.75, 3.05) is 5.32 Å². The average molecular weight is 413 g/mol. The number of anilines is 1. The molecule has 4 bridgehead atoms. The van der Waals surface area contributed by atoms with Crippen molar-refractivity contribution in [3.8, 4) is 0 Å². The Morgan fingerprint density at radius 2 is 1.66 bits per heavy atom. The van der Waals surface area contributed by atoms with Crippen molar-refractivity contribution >= 4 is 29.3 Å². The van der Waals surface area contributed by atoms with Crippen LogP contribution in [0.2, 0.25) is 0 Å². The fraction of sp³-hybridized carbons (Fsp3) is 0.667. The van der Waals surface area contributed by atoms with Gasteiger partial charge in [0.2, 0.25) is 11.8 Å². The Hall–Kier alpha value is -1.49. The number of amides is 2. The Bertz CT molecular complexity index is 786. The lowest BCUT2D eigenvalue weighted by atomic mass is 9.46. The number of carbonyl (C=O) groups is 2. The molecule has 6 rings (SSSR count). The maximum atomic E-state index is 13.4. The number of carbonyl (C=O) groups excluding carboxylic acids is 2. The molecule has 0 aliphatic heterocycles. The number of hydrogen-bond donors (Lipinski definition) is 2. The summed E-state index contributed by atoms with van der Waals surface area (Å²) < 4.78 is 0. The van der Waals surface area contributed by atoms with E-state index in [1.165, 1.54) is 37.0 Å². The molecule has 2 N–H and O–H groups in total. The molecule has 2 unspecified atom stereocenters. The van der Waals surface area contributed by atoms with E-state index in [-0.39, 0.29) is 22.8 Å². The van der Waals surface area contributed by atoms with Crippen LogP contribution in [0.3, 0.4) is 0 Å². The van der Waals surface area contributed by atoms with Crippen LogP contribution in [-0.4, -0.2) is 22.6 Å². The molecular formula is C24H32N2O2S. The van der Waals surface area contributed by atoms with E-state index in [2.05, 4.69) is 34.9 Å². The lowest BCUT2D eigenvalue weighted by Crippen LogP contribution is -2.65. The van der Waals surface area contributed by atoms with Crippen LogP contribution >= 0.6 is 11.8 Å². The largest absolute Gasteiger partial charge is 0.351 e. The SMILES string of the molecule is CC(=O)NC12CC3CC(C1)CC(C(=O)Nc1ccc(SC4CCCC4)cc1)(C3)C2. The monoisotopic (exact) mass is 412 g/mol. The van der Waals surface area contributed by atoms with Gasteiger partial charge in [-0.1, -0.05) is 12.8 Å². The summed E-state index contributed by atoms with van der Waals surface area (Å²) >= 11 is 1.98. The van der Waals surface area contributed by atoms with Crippen molar-refractivity contribution < 1.29 is 9.59 Å². The summed E-state index contributed by atoms with van der Waals surface area (Å²) in [7, 11) is 0. The van der Waals surface area contributed by atoms with Gasteiger partial charge in [-0.15, -0.1) is 11.8 Å². The molecule has 5 aliphatic rings. The van der Waals surface area contributed by atoms with E-state index in [9.17, 15) is 9.59 Å². The third-order valence-corrected chi connectivity index (χ3v) is 9.05. The lowest BCUT2D eigenvalue weighted by molar-refractivity contribution is -0.148. The fourth-order valence-electron chi connectivity index (χ4n) is 7.13. The van der Waals surface area contributed by atoms with Gasteiger partial charge in [-0.2, -0.15) is 0 Å². The maximum Gasteiger partial charge on any atom is 0.230 e. The van der Waals surface area contributed by atoms with E-state index >= 15 is 0 Å². The van der Waals surface area contributed by atoms with E-state index in [4.69, 9.17) is 0 Å². The number of nitrogens with one attached hydrogen (secondary N) is 2. The van der Waals surface area contributed by atoms with Crippen LogP contribution in [0.5, 0.6) is 0 Å². The molecule has 0 heterocycles. The number of benzene rings is 1. The highest BCUT2D eigenvalue weighted by atomic mass is 32.2. The summed E-state index contributed by atoms with van der Waals surface area (Å²) in [6, 6.07) is 8.41. The van der Waals surface area contributed by atoms with Crippen LogP contribution in [0, 0.1) is 17.3 Å². The van der Waals surface area contributed by atoms with Crippen LogP contribution in [0.15, 0.2) is 29.2 Å². The first-order valence-electron chi connectivity index (χ1n) is 11.3. The van der Waals surface area contributed by atoms with E-state index in [0.29, 0.717) is 11.8 Å². The summed E-state index contributed by atoms with van der Waals surface area (Å²) in [6.45, 7) is 1.61. The topological polar surface area (TPSA) is 58.2 Å². The molecule has 1 aromatic carbocycles. The fourth-order valence-corrected chi connectivity index (χ4v) is 8.37. The number of thioether (sulfide) groups is 1. The Labute approximate surface area is 178 Å². The van der Waals surface area contributed by atoms with Crippen molar-refractivity contribution in [1.82, 2.24) is 5.32 Å². The second-order valence-electron chi connectivity index (χ2n) is 10.2. The Balaban J connectivity index is 1.28. The first kappa shape index (κ1) is 19.5. The summed E-state index contributed by atoms with van der Waals surface area (Å²) in [5, 5.41) is 7.24. The van der Waals surface area contributed by atoms with Crippen LogP contribution in [0.1, 0.15) is 71.1 Å². The van der Waals surface area contributed by atoms with Gasteiger partial charge in [-0.05, 0) is 87.5 Å². The normalized spacial score (nSPS) is 35.6. The third-order valence-electron chi connectivity index (χ3n) is 7.70. The molecule has 0 saturated heterocycles. The van der Waals surface area contributed by atoms with Crippen LogP contribution in [-0.2, 0) is 9.59 Å². The van der Waals surface area contributed by atoms with Crippen molar-refractivity contribution in [2.24, 2.45) is 17.3 Å². The van der Waals surface area contributed by atoms with Gasteiger partial charge in [0.25, 0.3) is 0 Å². The predicted molar refractivity (Wildman–Crippen MR) is 117 cm³/mol. The van der Waals surface area contributed by atoms with Crippen molar-refractivity contribution in [3.63, 3.8) is 0 Å². The summed E-state index contributed by atoms with van der Waals surface area (Å²) in [6.07, 6.45) is 11.4. The predicted octanol–water partition coefficient (Wildman–Crippen LogP) is 5.13. The first-order valence-corrected chi connectivity index (χ1v) is 12.2. The molecular weight excluding hydrogens is 380 g/mol. The first-order chi connectivity index (χ1) is 13.9. The van der Waals surface area contributed by atoms with Gasteiger partial charge in [-0.25, -0.2) is 0 Å². The molecule has 2 atom stereocenters. The highest BCUT2D eigenvalue weighted by molar-refractivity contribution is 8.00. The Kier molecular flexibility index (Phi) is 4.92. The number of rotatable bonds is 5. The lowest BCUT2D eigenvalue weighted by Gasteiger charge is -2.61. The van der Waals surface area contributed by atoms with E-state index < -0.39 is 0 Å². The van der Waals surface area contributed by atoms with Crippen LogP contribution < -0.4 is 10.6 Å². The molecule has 1 aromatic rings. The van der Waals surface area contributed by atoms with Gasteiger partial charge >= 0.3 is 0 Å². The highest BCUT2D eigenvalue weighted by Crippen LogP contribution is 2.61. The zero-order valence-corrected chi connectivity index (χ0v) is 18.2. The molecule has 4 nitrogen and oxygen atoms in total. The maximum absolute atomic E-state index is 13.4. The van der Waals surface area contributed by atoms with Crippen molar-refractivity contribution in [2.45, 2.75) is 86.8 Å². The van der Waals surface area contributed by atoms with E-state index in [1.54, 1.807) is 6.92 Å². The number of hydrogen-bond acceptors (Lipinski definition) is 3. The molecule has 0 spiro atoms. The third kappa shape index (κ3) is 3.83. The molecule has 5 heteroatoms. The molecule has 156 valence electrons. The second-order valence-corrected chi connectivity index (χ2v) is 11.6. The van der Waals surface area contributed by atoms with Gasteiger partial charge in [0.05, 0.1) is 5.41 Å². The summed E-state index contributed by atoms with van der Waals surface area (Å²) in [4.78, 5) is 26.6. The second kappa shape index (κ2) is 7.33. The molecule has 29 heavy (non-hydrogen) atoms. The van der Waals surface area contributed by atoms with Gasteiger partial charge in [0, 0.05) is 28.3 Å².